The van der Waals surface area contributed by atoms with Crippen LogP contribution in [0.25, 0.3) is 0 Å². The SMILES string of the molecule is OC1CN(Cc2ccccc2)CCc2ccccc21. The molecule has 1 heterocycles. The number of hydrogen-bond acceptors (Lipinski definition) is 2. The zero-order valence-corrected chi connectivity index (χ0v) is 11.0. The van der Waals surface area contributed by atoms with E-state index in [0.29, 0.717) is 6.54 Å². The van der Waals surface area contributed by atoms with E-state index in [1.54, 1.807) is 0 Å². The maximum Gasteiger partial charge on any atom is 0.0919 e. The molecule has 0 aliphatic carbocycles. The molecule has 1 atom stereocenters. The summed E-state index contributed by atoms with van der Waals surface area (Å²) in [5.74, 6) is 0. The quantitative estimate of drug-likeness (QED) is 0.889. The molecule has 0 bridgehead atoms. The largest absolute Gasteiger partial charge is 0.387 e. The average molecular weight is 253 g/mol. The van der Waals surface area contributed by atoms with Crippen LogP contribution in [-0.4, -0.2) is 23.1 Å². The number of rotatable bonds is 2. The lowest BCUT2D eigenvalue weighted by Crippen LogP contribution is -2.27. The highest BCUT2D eigenvalue weighted by Gasteiger charge is 2.20. The van der Waals surface area contributed by atoms with Crippen LogP contribution in [0.2, 0.25) is 0 Å². The number of aliphatic hydroxyl groups excluding tert-OH is 1. The van der Waals surface area contributed by atoms with Gasteiger partial charge in [0.1, 0.15) is 0 Å². The van der Waals surface area contributed by atoms with Crippen molar-refractivity contribution in [3.05, 3.63) is 71.3 Å². The summed E-state index contributed by atoms with van der Waals surface area (Å²) in [7, 11) is 0. The minimum Gasteiger partial charge on any atom is -0.387 e. The Morgan fingerprint density at radius 3 is 2.58 bits per heavy atom. The summed E-state index contributed by atoms with van der Waals surface area (Å²) in [6.07, 6.45) is 0.641. The number of benzene rings is 2. The molecule has 2 heteroatoms. The zero-order chi connectivity index (χ0) is 13.1. The molecule has 1 aliphatic rings. The fourth-order valence-corrected chi connectivity index (χ4v) is 2.78. The van der Waals surface area contributed by atoms with E-state index in [4.69, 9.17) is 0 Å². The second-order valence-electron chi connectivity index (χ2n) is 5.19. The fraction of sp³-hybridized carbons (Fsp3) is 0.294. The first kappa shape index (κ1) is 12.4. The van der Waals surface area contributed by atoms with Crippen molar-refractivity contribution in [1.29, 1.82) is 0 Å². The highest BCUT2D eigenvalue weighted by molar-refractivity contribution is 5.30. The summed E-state index contributed by atoms with van der Waals surface area (Å²) in [5, 5.41) is 10.3. The number of hydrogen-bond donors (Lipinski definition) is 1. The molecule has 0 amide bonds. The molecule has 0 radical (unpaired) electrons. The van der Waals surface area contributed by atoms with Gasteiger partial charge in [0, 0.05) is 19.6 Å². The van der Waals surface area contributed by atoms with Gasteiger partial charge in [-0.15, -0.1) is 0 Å². The molecule has 2 aromatic rings. The Morgan fingerprint density at radius 2 is 1.74 bits per heavy atom. The Bertz CT molecular complexity index is 538. The van der Waals surface area contributed by atoms with E-state index < -0.39 is 0 Å². The standard InChI is InChI=1S/C17H19NO/c19-17-13-18(12-14-6-2-1-3-7-14)11-10-15-8-4-5-9-16(15)17/h1-9,17,19H,10-13H2. The van der Waals surface area contributed by atoms with E-state index in [1.807, 2.05) is 18.2 Å². The van der Waals surface area contributed by atoms with Gasteiger partial charge in [0.05, 0.1) is 6.10 Å². The maximum absolute atomic E-state index is 10.3. The predicted molar refractivity (Wildman–Crippen MR) is 76.8 cm³/mol. The van der Waals surface area contributed by atoms with Gasteiger partial charge in [-0.3, -0.25) is 4.90 Å². The van der Waals surface area contributed by atoms with E-state index >= 15 is 0 Å². The van der Waals surface area contributed by atoms with Gasteiger partial charge < -0.3 is 5.11 Å². The maximum atomic E-state index is 10.3. The molecule has 3 rings (SSSR count). The van der Waals surface area contributed by atoms with Crippen molar-refractivity contribution in [2.45, 2.75) is 19.1 Å². The minimum absolute atomic E-state index is 0.373. The highest BCUT2D eigenvalue weighted by atomic mass is 16.3. The second-order valence-corrected chi connectivity index (χ2v) is 5.19. The van der Waals surface area contributed by atoms with E-state index in [0.717, 1.165) is 25.1 Å². The zero-order valence-electron chi connectivity index (χ0n) is 11.0. The lowest BCUT2D eigenvalue weighted by Gasteiger charge is -2.22. The monoisotopic (exact) mass is 253 g/mol. The Balaban J connectivity index is 1.75. The molecule has 1 unspecified atom stereocenters. The molecular formula is C17H19NO. The Hall–Kier alpha value is -1.64. The first-order valence-corrected chi connectivity index (χ1v) is 6.85. The van der Waals surface area contributed by atoms with Crippen LogP contribution >= 0.6 is 0 Å². The summed E-state index contributed by atoms with van der Waals surface area (Å²) in [4.78, 5) is 2.33. The Labute approximate surface area is 114 Å². The lowest BCUT2D eigenvalue weighted by molar-refractivity contribution is 0.116. The molecule has 1 aliphatic heterocycles. The van der Waals surface area contributed by atoms with Gasteiger partial charge in [0.2, 0.25) is 0 Å². The number of fused-ring (bicyclic) bond motifs is 1. The van der Waals surface area contributed by atoms with E-state index in [2.05, 4.69) is 41.3 Å². The van der Waals surface area contributed by atoms with Crippen LogP contribution in [-0.2, 0) is 13.0 Å². The summed E-state index contributed by atoms with van der Waals surface area (Å²) < 4.78 is 0. The molecule has 0 saturated heterocycles. The average Bonchev–Trinajstić information content (AvgIpc) is 2.60. The third-order valence-electron chi connectivity index (χ3n) is 3.79. The molecule has 19 heavy (non-hydrogen) atoms. The molecule has 0 saturated carbocycles. The van der Waals surface area contributed by atoms with Crippen molar-refractivity contribution < 1.29 is 5.11 Å². The predicted octanol–water partition coefficient (Wildman–Crippen LogP) is 2.78. The minimum atomic E-state index is -0.373. The van der Waals surface area contributed by atoms with Crippen LogP contribution < -0.4 is 0 Å². The number of β-amino-alcohol motifs (C(OH)–C–C–N with tert-alkyl or cyclic N) is 1. The number of aliphatic hydroxyl groups is 1. The van der Waals surface area contributed by atoms with Crippen LogP contribution in [0.15, 0.2) is 54.6 Å². The van der Waals surface area contributed by atoms with Crippen molar-refractivity contribution in [2.75, 3.05) is 13.1 Å². The summed E-state index contributed by atoms with van der Waals surface area (Å²) in [5.41, 5.74) is 3.68. The molecule has 0 fully saturated rings. The second kappa shape index (κ2) is 5.55. The third-order valence-corrected chi connectivity index (χ3v) is 3.79. The van der Waals surface area contributed by atoms with Crippen LogP contribution in [0.4, 0.5) is 0 Å². The smallest absolute Gasteiger partial charge is 0.0919 e. The van der Waals surface area contributed by atoms with Gasteiger partial charge >= 0.3 is 0 Å². The van der Waals surface area contributed by atoms with Crippen molar-refractivity contribution in [3.63, 3.8) is 0 Å². The Kier molecular flexibility index (Phi) is 3.62. The number of nitrogens with zero attached hydrogens (tertiary/aromatic N) is 1. The summed E-state index contributed by atoms with van der Waals surface area (Å²) in [6, 6.07) is 18.7. The van der Waals surface area contributed by atoms with Crippen molar-refractivity contribution in [2.24, 2.45) is 0 Å². The van der Waals surface area contributed by atoms with Crippen LogP contribution in [0.3, 0.4) is 0 Å². The van der Waals surface area contributed by atoms with Crippen LogP contribution in [0.5, 0.6) is 0 Å². The topological polar surface area (TPSA) is 23.5 Å². The first-order chi connectivity index (χ1) is 9.33. The molecule has 0 spiro atoms. The van der Waals surface area contributed by atoms with E-state index in [-0.39, 0.29) is 6.10 Å². The molecule has 2 nitrogen and oxygen atoms in total. The molecule has 0 aromatic heterocycles. The van der Waals surface area contributed by atoms with Gasteiger partial charge in [-0.05, 0) is 23.1 Å². The van der Waals surface area contributed by atoms with Crippen molar-refractivity contribution in [3.8, 4) is 0 Å². The fourth-order valence-electron chi connectivity index (χ4n) is 2.78. The molecule has 98 valence electrons. The van der Waals surface area contributed by atoms with E-state index in [9.17, 15) is 5.11 Å². The summed E-state index contributed by atoms with van der Waals surface area (Å²) >= 11 is 0. The van der Waals surface area contributed by atoms with Gasteiger partial charge in [-0.1, -0.05) is 54.6 Å². The van der Waals surface area contributed by atoms with Gasteiger partial charge in [-0.25, -0.2) is 0 Å². The first-order valence-electron chi connectivity index (χ1n) is 6.85. The van der Waals surface area contributed by atoms with Gasteiger partial charge in [-0.2, -0.15) is 0 Å². The van der Waals surface area contributed by atoms with Gasteiger partial charge in [0.25, 0.3) is 0 Å². The third kappa shape index (κ3) is 2.86. The van der Waals surface area contributed by atoms with Crippen molar-refractivity contribution in [1.82, 2.24) is 4.90 Å². The summed E-state index contributed by atoms with van der Waals surface area (Å²) in [6.45, 7) is 2.63. The molecule has 1 N–H and O–H groups in total. The normalized spacial score (nSPS) is 19.7. The molecular weight excluding hydrogens is 234 g/mol. The highest BCUT2D eigenvalue weighted by Crippen LogP contribution is 2.24. The van der Waals surface area contributed by atoms with Crippen LogP contribution in [0.1, 0.15) is 22.8 Å². The van der Waals surface area contributed by atoms with Crippen molar-refractivity contribution >= 4 is 0 Å². The lowest BCUT2D eigenvalue weighted by atomic mass is 10.0. The van der Waals surface area contributed by atoms with Gasteiger partial charge in [0.15, 0.2) is 0 Å². The van der Waals surface area contributed by atoms with E-state index in [1.165, 1.54) is 11.1 Å². The Morgan fingerprint density at radius 1 is 1.00 bits per heavy atom. The van der Waals surface area contributed by atoms with Crippen LogP contribution in [0, 0.1) is 0 Å². The molecule has 2 aromatic carbocycles.